The van der Waals surface area contributed by atoms with Gasteiger partial charge < -0.3 is 9.80 Å². The van der Waals surface area contributed by atoms with Crippen LogP contribution in [0.1, 0.15) is 25.7 Å². The van der Waals surface area contributed by atoms with Crippen molar-refractivity contribution >= 4 is 42.4 Å². The maximum absolute atomic E-state index is 2.49. The van der Waals surface area contributed by atoms with Gasteiger partial charge in [0.15, 0.2) is 0 Å². The van der Waals surface area contributed by atoms with Crippen LogP contribution in [0.3, 0.4) is 0 Å². The SMILES string of the molecule is C[Si]C.[Zr+2].c1ccc2[cH-]c(N3CCCC3)cc2c1.c1ccc2[cH-]c(N3CCCC3)cc2c1. The minimum atomic E-state index is 0. The van der Waals surface area contributed by atoms with E-state index in [-0.39, 0.29) is 26.2 Å². The molecule has 2 fully saturated rings. The van der Waals surface area contributed by atoms with Gasteiger partial charge in [-0.05, 0) is 25.7 Å². The van der Waals surface area contributed by atoms with E-state index in [0.717, 1.165) is 9.52 Å². The summed E-state index contributed by atoms with van der Waals surface area (Å²) in [6.07, 6.45) is 5.39. The zero-order valence-electron chi connectivity index (χ0n) is 19.5. The van der Waals surface area contributed by atoms with Crippen LogP contribution in [-0.2, 0) is 26.2 Å². The van der Waals surface area contributed by atoms with Crippen LogP contribution in [0.2, 0.25) is 13.1 Å². The Kier molecular flexibility index (Phi) is 9.81. The molecule has 32 heavy (non-hydrogen) atoms. The van der Waals surface area contributed by atoms with Crippen LogP contribution >= 0.6 is 0 Å². The van der Waals surface area contributed by atoms with Gasteiger partial charge in [0.25, 0.3) is 0 Å². The summed E-state index contributed by atoms with van der Waals surface area (Å²) < 4.78 is 0. The first-order chi connectivity index (χ1) is 15.3. The molecule has 0 atom stereocenters. The summed E-state index contributed by atoms with van der Waals surface area (Å²) in [7, 11) is 1.08. The minimum absolute atomic E-state index is 0. The van der Waals surface area contributed by atoms with Gasteiger partial charge in [0.2, 0.25) is 0 Å². The minimum Gasteiger partial charge on any atom is -0.388 e. The van der Waals surface area contributed by atoms with Crippen LogP contribution in [-0.4, -0.2) is 35.7 Å². The summed E-state index contributed by atoms with van der Waals surface area (Å²) in [5, 5.41) is 5.48. The van der Waals surface area contributed by atoms with Gasteiger partial charge in [-0.15, -0.1) is 82.2 Å². The van der Waals surface area contributed by atoms with Gasteiger partial charge in [0.1, 0.15) is 0 Å². The summed E-state index contributed by atoms with van der Waals surface area (Å²) in [4.78, 5) is 4.97. The first-order valence-corrected chi connectivity index (χ1v) is 13.7. The van der Waals surface area contributed by atoms with Gasteiger partial charge in [-0.1, -0.05) is 36.6 Å². The number of nitrogens with zero attached hydrogens (tertiary/aromatic N) is 2. The Morgan fingerprint density at radius 3 is 1.31 bits per heavy atom. The molecule has 0 saturated carbocycles. The predicted molar refractivity (Wildman–Crippen MR) is 139 cm³/mol. The monoisotopic (exact) mass is 516 g/mol. The molecule has 2 saturated heterocycles. The average Bonchev–Trinajstić information content (AvgIpc) is 3.60. The number of rotatable bonds is 2. The van der Waals surface area contributed by atoms with Crippen molar-refractivity contribution in [2.75, 3.05) is 36.0 Å². The van der Waals surface area contributed by atoms with Crippen molar-refractivity contribution in [2.24, 2.45) is 0 Å². The second-order valence-electron chi connectivity index (χ2n) is 8.57. The Morgan fingerprint density at radius 2 is 0.969 bits per heavy atom. The topological polar surface area (TPSA) is 6.48 Å². The van der Waals surface area contributed by atoms with E-state index in [1.807, 2.05) is 0 Å². The Balaban J connectivity index is 0.000000157. The zero-order valence-corrected chi connectivity index (χ0v) is 22.9. The van der Waals surface area contributed by atoms with Gasteiger partial charge >= 0.3 is 26.2 Å². The van der Waals surface area contributed by atoms with Crippen molar-refractivity contribution < 1.29 is 26.2 Å². The van der Waals surface area contributed by atoms with E-state index in [9.17, 15) is 0 Å². The molecule has 0 spiro atoms. The predicted octanol–water partition coefficient (Wildman–Crippen LogP) is 7.10. The van der Waals surface area contributed by atoms with Gasteiger partial charge in [0, 0.05) is 35.7 Å². The molecule has 4 aromatic rings. The van der Waals surface area contributed by atoms with Crippen molar-refractivity contribution in [1.82, 2.24) is 0 Å². The van der Waals surface area contributed by atoms with E-state index in [4.69, 9.17) is 0 Å². The van der Waals surface area contributed by atoms with Crippen molar-refractivity contribution in [2.45, 2.75) is 38.8 Å². The first-order valence-electron chi connectivity index (χ1n) is 11.7. The smallest absolute Gasteiger partial charge is 0.388 e. The third-order valence-corrected chi connectivity index (χ3v) is 6.15. The Labute approximate surface area is 215 Å². The summed E-state index contributed by atoms with van der Waals surface area (Å²) in [5.74, 6) is 0. The number of fused-ring (bicyclic) bond motifs is 2. The van der Waals surface area contributed by atoms with Crippen LogP contribution in [0, 0.1) is 0 Å². The molecule has 0 unspecified atom stereocenters. The molecule has 2 nitrogen and oxygen atoms in total. The van der Waals surface area contributed by atoms with Gasteiger partial charge in [0.05, 0.1) is 0 Å². The molecular weight excluding hydrogens is 484 g/mol. The summed E-state index contributed by atoms with van der Waals surface area (Å²) in [6.45, 7) is 9.24. The Hall–Kier alpha value is -1.64. The quantitative estimate of drug-likeness (QED) is 0.207. The fourth-order valence-corrected chi connectivity index (χ4v) is 4.58. The number of anilines is 2. The maximum Gasteiger partial charge on any atom is 2.00 e. The third kappa shape index (κ3) is 6.23. The van der Waals surface area contributed by atoms with E-state index in [0.29, 0.717) is 0 Å². The van der Waals surface area contributed by atoms with E-state index in [2.05, 4.69) is 95.7 Å². The Bertz CT molecular complexity index is 919. The summed E-state index contributed by atoms with van der Waals surface area (Å²) in [6, 6.07) is 26.4. The number of hydrogen-bond donors (Lipinski definition) is 0. The normalized spacial score (nSPS) is 15.2. The molecule has 4 heteroatoms. The summed E-state index contributed by atoms with van der Waals surface area (Å²) in [5.41, 5.74) is 2.81. The second kappa shape index (κ2) is 12.6. The van der Waals surface area contributed by atoms with E-state index >= 15 is 0 Å². The molecule has 2 heterocycles. The van der Waals surface area contributed by atoms with Crippen molar-refractivity contribution in [1.29, 1.82) is 0 Å². The van der Waals surface area contributed by atoms with Gasteiger partial charge in [-0.2, -0.15) is 0 Å². The van der Waals surface area contributed by atoms with E-state index in [1.54, 1.807) is 0 Å². The van der Waals surface area contributed by atoms with Crippen molar-refractivity contribution in [3.8, 4) is 0 Å². The molecule has 4 aromatic carbocycles. The molecule has 6 rings (SSSR count). The fraction of sp³-hybridized carbons (Fsp3) is 0.357. The third-order valence-electron chi connectivity index (χ3n) is 6.15. The van der Waals surface area contributed by atoms with Crippen molar-refractivity contribution in [3.63, 3.8) is 0 Å². The number of benzene rings is 2. The molecule has 0 bridgehead atoms. The molecule has 2 aliphatic heterocycles. The first kappa shape index (κ1) is 25.0. The largest absolute Gasteiger partial charge is 2.00 e. The molecule has 0 aliphatic carbocycles. The second-order valence-corrected chi connectivity index (χ2v) is 9.57. The van der Waals surface area contributed by atoms with Crippen LogP contribution in [0.15, 0.2) is 72.8 Å². The molecule has 164 valence electrons. The van der Waals surface area contributed by atoms with Crippen LogP contribution in [0.4, 0.5) is 11.4 Å². The van der Waals surface area contributed by atoms with Crippen LogP contribution in [0.25, 0.3) is 21.5 Å². The molecular formula is C28H34N2SiZr. The summed E-state index contributed by atoms with van der Waals surface area (Å²) >= 11 is 0. The number of hydrogen-bond acceptors (Lipinski definition) is 2. The van der Waals surface area contributed by atoms with Gasteiger partial charge in [-0.25, -0.2) is 0 Å². The van der Waals surface area contributed by atoms with E-state index in [1.165, 1.54) is 84.8 Å². The fourth-order valence-electron chi connectivity index (χ4n) is 4.58. The van der Waals surface area contributed by atoms with Crippen LogP contribution in [0.5, 0.6) is 0 Å². The van der Waals surface area contributed by atoms with Crippen molar-refractivity contribution in [3.05, 3.63) is 72.8 Å². The van der Waals surface area contributed by atoms with Crippen LogP contribution < -0.4 is 9.80 Å². The van der Waals surface area contributed by atoms with E-state index < -0.39 is 0 Å². The van der Waals surface area contributed by atoms with Gasteiger partial charge in [-0.3, -0.25) is 0 Å². The average molecular weight is 518 g/mol. The molecule has 2 aliphatic rings. The molecule has 2 radical (unpaired) electrons. The standard InChI is InChI=1S/2C13H14N.C2H6Si.Zr/c2*1-2-6-12-10-13(9-11(12)5-1)14-7-3-4-8-14;1-3-2;/h2*1-2,5-6,9-10H,3-4,7-8H2;1-2H3;/q2*-1;;+2. The molecule has 0 aromatic heterocycles. The molecule has 0 amide bonds. The maximum atomic E-state index is 2.49. The zero-order chi connectivity index (χ0) is 21.5. The molecule has 0 N–H and O–H groups in total. The Morgan fingerprint density at radius 1 is 0.625 bits per heavy atom.